The minimum atomic E-state index is -0.834. The number of hydrogen-bond donors (Lipinski definition) is 2. The largest absolute Gasteiger partial charge is 0.481 e. The van der Waals surface area contributed by atoms with Crippen LogP contribution in [-0.4, -0.2) is 30.8 Å². The highest BCUT2D eigenvalue weighted by molar-refractivity contribution is 5.75. The molecule has 1 rings (SSSR count). The summed E-state index contributed by atoms with van der Waals surface area (Å²) in [6, 6.07) is 0. The third kappa shape index (κ3) is 1.52. The molecule has 0 aromatic heterocycles. The van der Waals surface area contributed by atoms with Gasteiger partial charge in [-0.05, 0) is 12.8 Å². The molecule has 0 amide bonds. The molecular formula is C7H13NO3. The quantitative estimate of drug-likeness (QED) is 0.586. The lowest BCUT2D eigenvalue weighted by Gasteiger charge is -2.31. The molecule has 0 bridgehead atoms. The summed E-state index contributed by atoms with van der Waals surface area (Å²) in [4.78, 5) is 10.7. The Kier molecular flexibility index (Phi) is 2.46. The molecule has 1 atom stereocenters. The zero-order valence-electron chi connectivity index (χ0n) is 6.38. The van der Waals surface area contributed by atoms with Gasteiger partial charge in [0.15, 0.2) is 0 Å². The van der Waals surface area contributed by atoms with Gasteiger partial charge in [0.1, 0.15) is 5.41 Å². The highest BCUT2D eigenvalue weighted by Crippen LogP contribution is 2.27. The molecule has 0 aliphatic carbocycles. The average Bonchev–Trinajstić information content (AvgIpc) is 2.05. The zero-order chi connectivity index (χ0) is 8.32. The van der Waals surface area contributed by atoms with Gasteiger partial charge in [0.2, 0.25) is 0 Å². The molecule has 11 heavy (non-hydrogen) atoms. The lowest BCUT2D eigenvalue weighted by atomic mass is 9.83. The first-order valence-corrected chi connectivity index (χ1v) is 3.72. The molecule has 1 aliphatic rings. The van der Waals surface area contributed by atoms with Crippen LogP contribution in [0.25, 0.3) is 0 Å². The number of rotatable bonds is 2. The highest BCUT2D eigenvalue weighted by Gasteiger charge is 2.39. The Bertz CT molecular complexity index is 152. The van der Waals surface area contributed by atoms with Crippen LogP contribution >= 0.6 is 0 Å². The molecule has 1 fully saturated rings. The SMILES string of the molecule is NC[C@@]1(C(=O)O)CCCOC1. The van der Waals surface area contributed by atoms with E-state index in [1.807, 2.05) is 0 Å². The van der Waals surface area contributed by atoms with E-state index in [0.717, 1.165) is 6.42 Å². The van der Waals surface area contributed by atoms with Crippen LogP contribution in [0, 0.1) is 5.41 Å². The minimum Gasteiger partial charge on any atom is -0.481 e. The van der Waals surface area contributed by atoms with Crippen molar-refractivity contribution < 1.29 is 14.6 Å². The van der Waals surface area contributed by atoms with E-state index < -0.39 is 11.4 Å². The Hall–Kier alpha value is -0.610. The molecule has 64 valence electrons. The van der Waals surface area contributed by atoms with Crippen molar-refractivity contribution >= 4 is 5.97 Å². The fourth-order valence-electron chi connectivity index (χ4n) is 1.27. The molecule has 4 heteroatoms. The maximum absolute atomic E-state index is 10.7. The van der Waals surface area contributed by atoms with Crippen LogP contribution in [0.15, 0.2) is 0 Å². The normalized spacial score (nSPS) is 31.7. The molecule has 4 nitrogen and oxygen atoms in total. The van der Waals surface area contributed by atoms with Crippen molar-refractivity contribution in [2.75, 3.05) is 19.8 Å². The van der Waals surface area contributed by atoms with E-state index in [2.05, 4.69) is 0 Å². The number of carboxylic acids is 1. The average molecular weight is 159 g/mol. The second kappa shape index (κ2) is 3.19. The van der Waals surface area contributed by atoms with Crippen LogP contribution < -0.4 is 5.73 Å². The Morgan fingerprint density at radius 2 is 2.45 bits per heavy atom. The zero-order valence-corrected chi connectivity index (χ0v) is 6.38. The number of carboxylic acid groups (broad SMARTS) is 1. The number of aliphatic carboxylic acids is 1. The van der Waals surface area contributed by atoms with Crippen molar-refractivity contribution in [2.45, 2.75) is 12.8 Å². The van der Waals surface area contributed by atoms with Gasteiger partial charge in [-0.2, -0.15) is 0 Å². The van der Waals surface area contributed by atoms with E-state index in [1.165, 1.54) is 0 Å². The van der Waals surface area contributed by atoms with Gasteiger partial charge in [-0.15, -0.1) is 0 Å². The summed E-state index contributed by atoms with van der Waals surface area (Å²) in [5, 5.41) is 8.83. The molecule has 0 radical (unpaired) electrons. The van der Waals surface area contributed by atoms with Crippen molar-refractivity contribution in [3.8, 4) is 0 Å². The highest BCUT2D eigenvalue weighted by atomic mass is 16.5. The summed E-state index contributed by atoms with van der Waals surface area (Å²) in [5.74, 6) is -0.834. The van der Waals surface area contributed by atoms with Gasteiger partial charge in [0.25, 0.3) is 0 Å². The second-order valence-corrected chi connectivity index (χ2v) is 2.95. The fraction of sp³-hybridized carbons (Fsp3) is 0.857. The van der Waals surface area contributed by atoms with E-state index in [1.54, 1.807) is 0 Å². The van der Waals surface area contributed by atoms with Crippen LogP contribution in [0.4, 0.5) is 0 Å². The number of ether oxygens (including phenoxy) is 1. The summed E-state index contributed by atoms with van der Waals surface area (Å²) >= 11 is 0. The van der Waals surface area contributed by atoms with Crippen LogP contribution in [-0.2, 0) is 9.53 Å². The Morgan fingerprint density at radius 1 is 1.73 bits per heavy atom. The van der Waals surface area contributed by atoms with E-state index in [4.69, 9.17) is 15.6 Å². The lowest BCUT2D eigenvalue weighted by molar-refractivity contribution is -0.156. The third-order valence-electron chi connectivity index (χ3n) is 2.17. The van der Waals surface area contributed by atoms with Crippen molar-refractivity contribution in [1.82, 2.24) is 0 Å². The third-order valence-corrected chi connectivity index (χ3v) is 2.17. The first-order chi connectivity index (χ1) is 5.21. The molecule has 1 aliphatic heterocycles. The molecule has 0 aromatic carbocycles. The van der Waals surface area contributed by atoms with Gasteiger partial charge in [-0.25, -0.2) is 0 Å². The molecule has 0 saturated carbocycles. The molecule has 0 unspecified atom stereocenters. The van der Waals surface area contributed by atoms with Gasteiger partial charge in [-0.3, -0.25) is 4.79 Å². The maximum atomic E-state index is 10.7. The van der Waals surface area contributed by atoms with Gasteiger partial charge >= 0.3 is 5.97 Å². The van der Waals surface area contributed by atoms with Crippen molar-refractivity contribution in [2.24, 2.45) is 11.1 Å². The topological polar surface area (TPSA) is 72.6 Å². The Balaban J connectivity index is 2.64. The van der Waals surface area contributed by atoms with Crippen molar-refractivity contribution in [3.05, 3.63) is 0 Å². The Morgan fingerprint density at radius 3 is 2.73 bits per heavy atom. The molecule has 0 aromatic rings. The smallest absolute Gasteiger partial charge is 0.313 e. The minimum absolute atomic E-state index is 0.169. The lowest BCUT2D eigenvalue weighted by Crippen LogP contribution is -2.45. The predicted octanol–water partition coefficient (Wildman–Crippen LogP) is -0.174. The standard InChI is InChI=1S/C7H13NO3/c8-4-7(6(9)10)2-1-3-11-5-7/h1-5,8H2,(H,9,10)/t7-/m0/s1. The summed E-state index contributed by atoms with van der Waals surface area (Å²) in [7, 11) is 0. The monoisotopic (exact) mass is 159 g/mol. The van der Waals surface area contributed by atoms with Gasteiger partial charge < -0.3 is 15.6 Å². The van der Waals surface area contributed by atoms with Crippen molar-refractivity contribution in [3.63, 3.8) is 0 Å². The van der Waals surface area contributed by atoms with Gasteiger partial charge in [0.05, 0.1) is 6.61 Å². The summed E-state index contributed by atoms with van der Waals surface area (Å²) in [6.07, 6.45) is 1.43. The van der Waals surface area contributed by atoms with E-state index in [-0.39, 0.29) is 13.2 Å². The Labute approximate surface area is 65.3 Å². The maximum Gasteiger partial charge on any atom is 0.313 e. The van der Waals surface area contributed by atoms with Crippen LogP contribution in [0.2, 0.25) is 0 Å². The van der Waals surface area contributed by atoms with Crippen LogP contribution in [0.1, 0.15) is 12.8 Å². The number of hydrogen-bond acceptors (Lipinski definition) is 3. The number of carbonyl (C=O) groups is 1. The predicted molar refractivity (Wildman–Crippen MR) is 39.2 cm³/mol. The van der Waals surface area contributed by atoms with Crippen LogP contribution in [0.3, 0.4) is 0 Å². The van der Waals surface area contributed by atoms with E-state index in [9.17, 15) is 4.79 Å². The van der Waals surface area contributed by atoms with Crippen LogP contribution in [0.5, 0.6) is 0 Å². The second-order valence-electron chi connectivity index (χ2n) is 2.95. The molecular weight excluding hydrogens is 146 g/mol. The van der Waals surface area contributed by atoms with E-state index >= 15 is 0 Å². The molecule has 1 saturated heterocycles. The fourth-order valence-corrected chi connectivity index (χ4v) is 1.27. The van der Waals surface area contributed by atoms with Gasteiger partial charge in [0, 0.05) is 13.2 Å². The number of nitrogens with two attached hydrogens (primary N) is 1. The molecule has 0 spiro atoms. The van der Waals surface area contributed by atoms with Gasteiger partial charge in [-0.1, -0.05) is 0 Å². The summed E-state index contributed by atoms with van der Waals surface area (Å²) < 4.78 is 5.08. The first kappa shape index (κ1) is 8.49. The summed E-state index contributed by atoms with van der Waals surface area (Å²) in [6.45, 7) is 1.09. The van der Waals surface area contributed by atoms with E-state index in [0.29, 0.717) is 13.0 Å². The summed E-state index contributed by atoms with van der Waals surface area (Å²) in [5.41, 5.74) is 4.57. The molecule has 1 heterocycles. The first-order valence-electron chi connectivity index (χ1n) is 3.72. The van der Waals surface area contributed by atoms with Crippen molar-refractivity contribution in [1.29, 1.82) is 0 Å². The molecule has 3 N–H and O–H groups in total.